The largest absolute Gasteiger partial charge is 0.329 e. The Morgan fingerprint density at radius 3 is 2.85 bits per heavy atom. The highest BCUT2D eigenvalue weighted by molar-refractivity contribution is 7.97. The number of carbonyl (C=O) groups is 1. The number of urea groups is 1. The van der Waals surface area contributed by atoms with Gasteiger partial charge in [0.05, 0.1) is 11.7 Å². The molecule has 176 valence electrons. The van der Waals surface area contributed by atoms with Crippen molar-refractivity contribution >= 4 is 29.3 Å². The third-order valence-electron chi connectivity index (χ3n) is 6.15. The predicted octanol–water partition coefficient (Wildman–Crippen LogP) is 5.58. The Balaban J connectivity index is 0.00000117. The summed E-state index contributed by atoms with van der Waals surface area (Å²) in [6.07, 6.45) is 11.0. The van der Waals surface area contributed by atoms with E-state index in [9.17, 15) is 4.79 Å². The summed E-state index contributed by atoms with van der Waals surface area (Å²) < 4.78 is 6.64. The highest BCUT2D eigenvalue weighted by atomic mass is 32.2. The van der Waals surface area contributed by atoms with Gasteiger partial charge >= 0.3 is 6.03 Å². The first kappa shape index (κ1) is 22.5. The molecule has 0 radical (unpaired) electrons. The van der Waals surface area contributed by atoms with E-state index in [0.717, 1.165) is 52.3 Å². The van der Waals surface area contributed by atoms with Crippen molar-refractivity contribution in [2.24, 2.45) is 0 Å². The van der Waals surface area contributed by atoms with E-state index in [2.05, 4.69) is 38.2 Å². The van der Waals surface area contributed by atoms with Gasteiger partial charge in [0.15, 0.2) is 5.65 Å². The molecule has 34 heavy (non-hydrogen) atoms. The topological polar surface area (TPSA) is 89.1 Å². The fourth-order valence-corrected chi connectivity index (χ4v) is 5.04. The lowest BCUT2D eigenvalue weighted by Gasteiger charge is -2.19. The third-order valence-corrected chi connectivity index (χ3v) is 6.87. The summed E-state index contributed by atoms with van der Waals surface area (Å²) in [6, 6.07) is 8.45. The van der Waals surface area contributed by atoms with Gasteiger partial charge in [-0.3, -0.25) is 9.40 Å². The first-order chi connectivity index (χ1) is 16.7. The highest BCUT2D eigenvalue weighted by Gasteiger charge is 2.25. The number of aromatic nitrogens is 5. The fourth-order valence-electron chi connectivity index (χ4n) is 4.52. The number of benzene rings is 1. The molecular weight excluding hydrogens is 446 g/mol. The van der Waals surface area contributed by atoms with Crippen molar-refractivity contribution in [1.82, 2.24) is 29.1 Å². The number of anilines is 1. The number of aryl methyl sites for hydroxylation is 2. The summed E-state index contributed by atoms with van der Waals surface area (Å²) in [7, 11) is 0. The van der Waals surface area contributed by atoms with Gasteiger partial charge in [-0.2, -0.15) is 10.2 Å². The molecule has 2 amide bonds. The van der Waals surface area contributed by atoms with Gasteiger partial charge in [0, 0.05) is 35.5 Å². The monoisotopic (exact) mass is 475 g/mol. The van der Waals surface area contributed by atoms with Crippen molar-refractivity contribution in [3.63, 3.8) is 0 Å². The van der Waals surface area contributed by atoms with Crippen LogP contribution in [0.15, 0.2) is 48.0 Å². The summed E-state index contributed by atoms with van der Waals surface area (Å²) in [4.78, 5) is 17.1. The molecule has 0 bridgehead atoms. The zero-order valence-corrected chi connectivity index (χ0v) is 20.5. The first-order valence-electron chi connectivity index (χ1n) is 11.9. The third kappa shape index (κ3) is 4.40. The second-order valence-electron chi connectivity index (χ2n) is 8.44. The Morgan fingerprint density at radius 2 is 2.03 bits per heavy atom. The first-order valence-corrected chi connectivity index (χ1v) is 12.7. The molecule has 3 heterocycles. The molecule has 8 nitrogen and oxygen atoms in total. The van der Waals surface area contributed by atoms with Crippen LogP contribution >= 0.6 is 11.9 Å². The van der Waals surface area contributed by atoms with Crippen LogP contribution in [0.2, 0.25) is 0 Å². The van der Waals surface area contributed by atoms with Crippen molar-refractivity contribution < 1.29 is 4.79 Å². The second kappa shape index (κ2) is 9.50. The lowest BCUT2D eigenvalue weighted by molar-refractivity contribution is 0.257. The van der Waals surface area contributed by atoms with E-state index in [4.69, 9.17) is 0 Å². The number of nitrogens with zero attached hydrogens (tertiary/aromatic N) is 5. The van der Waals surface area contributed by atoms with E-state index in [1.54, 1.807) is 10.8 Å². The standard InChI is InChI=1S/C23H23N7OS.C2H6/c1-14-11-15-3-2-4-18(15)22(21(14)16-5-8-19-24-13-25-30(19)12-16)26-23(31)28-32-20-9-10-29(27-20)17-6-7-17;1-2/h5,8-13,17H,2-4,6-7H2,1H3,(H2,26,28,31);1-2H3. The van der Waals surface area contributed by atoms with Crippen molar-refractivity contribution in [1.29, 1.82) is 0 Å². The maximum atomic E-state index is 12.9. The van der Waals surface area contributed by atoms with Crippen LogP contribution in [-0.2, 0) is 12.8 Å². The molecule has 0 spiro atoms. The molecule has 1 fully saturated rings. The van der Waals surface area contributed by atoms with Crippen LogP contribution in [0.5, 0.6) is 0 Å². The molecule has 1 aromatic carbocycles. The Hall–Kier alpha value is -3.33. The van der Waals surface area contributed by atoms with E-state index < -0.39 is 0 Å². The molecular formula is C25H29N7OS. The summed E-state index contributed by atoms with van der Waals surface area (Å²) in [6.45, 7) is 6.10. The summed E-state index contributed by atoms with van der Waals surface area (Å²) >= 11 is 1.24. The normalized spacial score (nSPS) is 14.4. The van der Waals surface area contributed by atoms with Crippen molar-refractivity contribution in [3.05, 3.63) is 59.7 Å². The van der Waals surface area contributed by atoms with Crippen LogP contribution < -0.4 is 10.0 Å². The van der Waals surface area contributed by atoms with E-state index in [0.29, 0.717) is 6.04 Å². The molecule has 2 N–H and O–H groups in total. The van der Waals surface area contributed by atoms with Crippen molar-refractivity contribution in [3.8, 4) is 11.1 Å². The smallest absolute Gasteiger partial charge is 0.306 e. The van der Waals surface area contributed by atoms with Gasteiger partial charge in [-0.05, 0) is 73.9 Å². The molecule has 0 aliphatic heterocycles. The Labute approximate surface area is 203 Å². The van der Waals surface area contributed by atoms with Gasteiger partial charge in [-0.1, -0.05) is 19.9 Å². The van der Waals surface area contributed by atoms with E-state index in [1.165, 1.54) is 35.9 Å². The highest BCUT2D eigenvalue weighted by Crippen LogP contribution is 2.40. The van der Waals surface area contributed by atoms with Crippen LogP contribution in [0.3, 0.4) is 0 Å². The lowest BCUT2D eigenvalue weighted by Crippen LogP contribution is -2.24. The molecule has 0 atom stereocenters. The van der Waals surface area contributed by atoms with E-state index >= 15 is 0 Å². The lowest BCUT2D eigenvalue weighted by atomic mass is 9.93. The van der Waals surface area contributed by atoms with Gasteiger partial charge in [0.25, 0.3) is 0 Å². The van der Waals surface area contributed by atoms with Gasteiger partial charge in [-0.25, -0.2) is 14.3 Å². The van der Waals surface area contributed by atoms with Crippen molar-refractivity contribution in [2.45, 2.75) is 63.9 Å². The van der Waals surface area contributed by atoms with Gasteiger partial charge in [0.1, 0.15) is 11.4 Å². The maximum Gasteiger partial charge on any atom is 0.329 e. The van der Waals surface area contributed by atoms with Gasteiger partial charge < -0.3 is 5.32 Å². The van der Waals surface area contributed by atoms with Crippen LogP contribution in [-0.4, -0.2) is 30.4 Å². The van der Waals surface area contributed by atoms with Crippen molar-refractivity contribution in [2.75, 3.05) is 5.32 Å². The number of carbonyl (C=O) groups excluding carboxylic acids is 1. The number of fused-ring (bicyclic) bond motifs is 2. The van der Waals surface area contributed by atoms with E-state index in [-0.39, 0.29) is 6.03 Å². The minimum absolute atomic E-state index is 0.251. The van der Waals surface area contributed by atoms with Crippen LogP contribution in [0, 0.1) is 6.92 Å². The fraction of sp³-hybridized carbons (Fsp3) is 0.360. The molecule has 2 aliphatic rings. The summed E-state index contributed by atoms with van der Waals surface area (Å²) in [5.74, 6) is 0. The Kier molecular flexibility index (Phi) is 6.28. The summed E-state index contributed by atoms with van der Waals surface area (Å²) in [5.41, 5.74) is 7.39. The molecule has 3 aromatic heterocycles. The number of pyridine rings is 1. The number of rotatable bonds is 5. The summed E-state index contributed by atoms with van der Waals surface area (Å²) in [5, 5.41) is 12.8. The SMILES string of the molecule is CC.Cc1cc2c(c(NC(=O)NSc3ccn(C4CC4)n3)c1-c1ccc3ncnn3c1)CCC2. The minimum atomic E-state index is -0.251. The number of hydrogen-bond acceptors (Lipinski definition) is 5. The van der Waals surface area contributed by atoms with Crippen LogP contribution in [0.4, 0.5) is 10.5 Å². The van der Waals surface area contributed by atoms with Crippen LogP contribution in [0.1, 0.15) is 55.8 Å². The average Bonchev–Trinajstić information content (AvgIpc) is 3.23. The molecule has 0 unspecified atom stereocenters. The molecule has 1 saturated carbocycles. The van der Waals surface area contributed by atoms with Gasteiger partial charge in [-0.15, -0.1) is 0 Å². The molecule has 9 heteroatoms. The number of hydrogen-bond donors (Lipinski definition) is 2. The molecule has 2 aliphatic carbocycles. The zero-order chi connectivity index (χ0) is 23.7. The minimum Gasteiger partial charge on any atom is -0.306 e. The molecule has 6 rings (SSSR count). The van der Waals surface area contributed by atoms with Gasteiger partial charge in [0.2, 0.25) is 0 Å². The Morgan fingerprint density at radius 1 is 1.18 bits per heavy atom. The Bertz CT molecular complexity index is 1340. The van der Waals surface area contributed by atoms with Crippen LogP contribution in [0.25, 0.3) is 16.8 Å². The second-order valence-corrected chi connectivity index (χ2v) is 9.27. The molecule has 0 saturated heterocycles. The molecule has 4 aromatic rings. The quantitative estimate of drug-likeness (QED) is 0.368. The maximum absolute atomic E-state index is 12.9. The average molecular weight is 476 g/mol. The predicted molar refractivity (Wildman–Crippen MR) is 135 cm³/mol. The van der Waals surface area contributed by atoms with E-state index in [1.807, 2.05) is 49.1 Å². The number of nitrogens with one attached hydrogen (secondary N) is 2. The zero-order valence-electron chi connectivity index (χ0n) is 19.7. The number of amides is 2.